The number of benzene rings is 4. The van der Waals surface area contributed by atoms with Gasteiger partial charge >= 0.3 is 0 Å². The molecule has 4 aromatic heterocycles. The molecule has 0 spiro atoms. The fourth-order valence-electron chi connectivity index (χ4n) is 5.30. The number of para-hydroxylation sites is 1. The van der Waals surface area contributed by atoms with E-state index >= 15 is 0 Å². The molecule has 37 heavy (non-hydrogen) atoms. The molecule has 0 aliphatic carbocycles. The van der Waals surface area contributed by atoms with Crippen LogP contribution in [0.3, 0.4) is 0 Å². The van der Waals surface area contributed by atoms with Gasteiger partial charge in [-0.3, -0.25) is 4.98 Å². The van der Waals surface area contributed by atoms with Crippen molar-refractivity contribution in [3.05, 3.63) is 116 Å². The number of pyridine rings is 2. The number of anilines is 3. The Labute approximate surface area is 211 Å². The minimum atomic E-state index is 0.748. The van der Waals surface area contributed by atoms with E-state index in [2.05, 4.69) is 64.5 Å². The van der Waals surface area contributed by atoms with Gasteiger partial charge in [-0.25, -0.2) is 4.98 Å². The van der Waals surface area contributed by atoms with Gasteiger partial charge in [0.2, 0.25) is 0 Å². The summed E-state index contributed by atoms with van der Waals surface area (Å²) in [7, 11) is 0. The first-order valence-corrected chi connectivity index (χ1v) is 12.1. The fraction of sp³-hybridized carbons (Fsp3) is 0. The average Bonchev–Trinajstić information content (AvgIpc) is 3.51. The average molecular weight is 478 g/mol. The highest BCUT2D eigenvalue weighted by atomic mass is 16.3. The van der Waals surface area contributed by atoms with Crippen molar-refractivity contribution in [3.63, 3.8) is 0 Å². The second kappa shape index (κ2) is 7.67. The maximum absolute atomic E-state index is 6.21. The number of hydrogen-bond acceptors (Lipinski definition) is 5. The monoisotopic (exact) mass is 477 g/mol. The van der Waals surface area contributed by atoms with Crippen molar-refractivity contribution < 1.29 is 8.83 Å². The van der Waals surface area contributed by atoms with E-state index in [9.17, 15) is 0 Å². The van der Waals surface area contributed by atoms with Gasteiger partial charge in [-0.2, -0.15) is 0 Å². The Balaban J connectivity index is 1.44. The number of aromatic nitrogens is 2. The first-order chi connectivity index (χ1) is 18.3. The SMILES string of the molecule is c1ccc2cc(N(c3cnc4c(c3)oc3ccccc34)c3cccc4oc5cnccc5c34)ccc2c1. The summed E-state index contributed by atoms with van der Waals surface area (Å²) in [6.07, 6.45) is 5.49. The zero-order valence-electron chi connectivity index (χ0n) is 19.6. The van der Waals surface area contributed by atoms with Gasteiger partial charge in [0.15, 0.2) is 11.2 Å². The number of rotatable bonds is 3. The van der Waals surface area contributed by atoms with E-state index in [4.69, 9.17) is 13.8 Å². The van der Waals surface area contributed by atoms with E-state index in [0.717, 1.165) is 66.5 Å². The van der Waals surface area contributed by atoms with E-state index in [1.165, 1.54) is 5.39 Å². The van der Waals surface area contributed by atoms with E-state index in [0.29, 0.717) is 0 Å². The lowest BCUT2D eigenvalue weighted by Crippen LogP contribution is -2.10. The van der Waals surface area contributed by atoms with E-state index in [1.54, 1.807) is 12.4 Å². The van der Waals surface area contributed by atoms with Gasteiger partial charge in [0, 0.05) is 28.7 Å². The van der Waals surface area contributed by atoms with Crippen LogP contribution in [0.4, 0.5) is 17.1 Å². The highest BCUT2D eigenvalue weighted by Gasteiger charge is 2.21. The topological polar surface area (TPSA) is 55.3 Å². The van der Waals surface area contributed by atoms with Crippen LogP contribution in [0, 0.1) is 0 Å². The summed E-state index contributed by atoms with van der Waals surface area (Å²) < 4.78 is 12.4. The van der Waals surface area contributed by atoms with Gasteiger partial charge in [0.25, 0.3) is 0 Å². The molecule has 0 atom stereocenters. The third kappa shape index (κ3) is 3.04. The molecule has 174 valence electrons. The van der Waals surface area contributed by atoms with Crippen molar-refractivity contribution in [1.29, 1.82) is 0 Å². The highest BCUT2D eigenvalue weighted by Crippen LogP contribution is 2.44. The second-order valence-corrected chi connectivity index (χ2v) is 9.13. The molecule has 0 saturated heterocycles. The molecule has 0 aliphatic heterocycles. The van der Waals surface area contributed by atoms with Crippen molar-refractivity contribution in [2.24, 2.45) is 0 Å². The molecule has 4 heterocycles. The quantitative estimate of drug-likeness (QED) is 0.254. The minimum Gasteiger partial charge on any atom is -0.454 e. The molecule has 0 bridgehead atoms. The van der Waals surface area contributed by atoms with Crippen LogP contribution in [0.1, 0.15) is 0 Å². The Morgan fingerprint density at radius 3 is 2.38 bits per heavy atom. The summed E-state index contributed by atoms with van der Waals surface area (Å²) in [6, 6.07) is 33.1. The van der Waals surface area contributed by atoms with Gasteiger partial charge in [-0.15, -0.1) is 0 Å². The van der Waals surface area contributed by atoms with E-state index in [-0.39, 0.29) is 0 Å². The van der Waals surface area contributed by atoms with Gasteiger partial charge in [0.05, 0.1) is 29.2 Å². The standard InChI is InChI=1S/C32H19N3O2/c1-2-7-21-16-22(13-12-20(21)6-1)35(23-17-29-32(34-18-23)25-8-3-4-10-27(25)36-29)26-9-5-11-28-31(26)24-14-15-33-19-30(24)37-28/h1-19H. The summed E-state index contributed by atoms with van der Waals surface area (Å²) in [5.41, 5.74) is 6.92. The third-order valence-electron chi connectivity index (χ3n) is 6.97. The maximum Gasteiger partial charge on any atom is 0.155 e. The fourth-order valence-corrected chi connectivity index (χ4v) is 5.30. The second-order valence-electron chi connectivity index (χ2n) is 9.13. The lowest BCUT2D eigenvalue weighted by molar-refractivity contribution is 0.667. The molecular weight excluding hydrogens is 458 g/mol. The molecule has 0 radical (unpaired) electrons. The molecule has 5 heteroatoms. The summed E-state index contributed by atoms with van der Waals surface area (Å²) in [4.78, 5) is 11.3. The van der Waals surface area contributed by atoms with Gasteiger partial charge in [-0.05, 0) is 53.2 Å². The van der Waals surface area contributed by atoms with E-state index in [1.807, 2.05) is 48.7 Å². The number of furan rings is 2. The molecule has 8 rings (SSSR count). The van der Waals surface area contributed by atoms with Crippen LogP contribution < -0.4 is 4.90 Å². The van der Waals surface area contributed by atoms with Crippen molar-refractivity contribution >= 4 is 71.8 Å². The van der Waals surface area contributed by atoms with Crippen LogP contribution in [0.5, 0.6) is 0 Å². The summed E-state index contributed by atoms with van der Waals surface area (Å²) >= 11 is 0. The lowest BCUT2D eigenvalue weighted by atomic mass is 10.1. The molecule has 0 N–H and O–H groups in total. The molecule has 4 aromatic carbocycles. The molecule has 0 saturated carbocycles. The van der Waals surface area contributed by atoms with Crippen LogP contribution in [-0.2, 0) is 0 Å². The Bertz CT molecular complexity index is 2120. The Morgan fingerprint density at radius 2 is 1.41 bits per heavy atom. The zero-order chi connectivity index (χ0) is 24.3. The summed E-state index contributed by atoms with van der Waals surface area (Å²) in [5, 5.41) is 5.41. The summed E-state index contributed by atoms with van der Waals surface area (Å²) in [6.45, 7) is 0. The largest absolute Gasteiger partial charge is 0.454 e. The molecule has 0 aliphatic rings. The Hall–Kier alpha value is -5.16. The third-order valence-corrected chi connectivity index (χ3v) is 6.97. The Kier molecular flexibility index (Phi) is 4.16. The van der Waals surface area contributed by atoms with Crippen LogP contribution in [0.25, 0.3) is 54.8 Å². The predicted octanol–water partition coefficient (Wildman–Crippen LogP) is 8.90. The van der Waals surface area contributed by atoms with Crippen LogP contribution >= 0.6 is 0 Å². The first-order valence-electron chi connectivity index (χ1n) is 12.1. The van der Waals surface area contributed by atoms with E-state index < -0.39 is 0 Å². The summed E-state index contributed by atoms with van der Waals surface area (Å²) in [5.74, 6) is 0. The lowest BCUT2D eigenvalue weighted by Gasteiger charge is -2.26. The van der Waals surface area contributed by atoms with Crippen LogP contribution in [0.15, 0.2) is 124 Å². The predicted molar refractivity (Wildman–Crippen MR) is 149 cm³/mol. The Morgan fingerprint density at radius 1 is 0.568 bits per heavy atom. The molecule has 0 amide bonds. The van der Waals surface area contributed by atoms with Crippen molar-refractivity contribution in [1.82, 2.24) is 9.97 Å². The van der Waals surface area contributed by atoms with Crippen molar-refractivity contribution in [3.8, 4) is 0 Å². The normalized spacial score (nSPS) is 11.8. The zero-order valence-corrected chi connectivity index (χ0v) is 19.6. The number of fused-ring (bicyclic) bond motifs is 7. The van der Waals surface area contributed by atoms with Gasteiger partial charge in [0.1, 0.15) is 16.7 Å². The minimum absolute atomic E-state index is 0.748. The number of hydrogen-bond donors (Lipinski definition) is 0. The smallest absolute Gasteiger partial charge is 0.155 e. The number of nitrogens with zero attached hydrogens (tertiary/aromatic N) is 3. The van der Waals surface area contributed by atoms with Gasteiger partial charge < -0.3 is 13.7 Å². The molecule has 8 aromatic rings. The molecule has 0 fully saturated rings. The maximum atomic E-state index is 6.21. The molecule has 0 unspecified atom stereocenters. The van der Waals surface area contributed by atoms with Crippen LogP contribution in [0.2, 0.25) is 0 Å². The van der Waals surface area contributed by atoms with Crippen molar-refractivity contribution in [2.45, 2.75) is 0 Å². The first kappa shape index (κ1) is 20.1. The molecule has 5 nitrogen and oxygen atoms in total. The van der Waals surface area contributed by atoms with Crippen molar-refractivity contribution in [2.75, 3.05) is 4.90 Å². The highest BCUT2D eigenvalue weighted by molar-refractivity contribution is 6.13. The van der Waals surface area contributed by atoms with Gasteiger partial charge in [-0.1, -0.05) is 48.5 Å². The molecular formula is C32H19N3O2. The van der Waals surface area contributed by atoms with Crippen LogP contribution in [-0.4, -0.2) is 9.97 Å².